The van der Waals surface area contributed by atoms with Gasteiger partial charge in [0.15, 0.2) is 0 Å². The van der Waals surface area contributed by atoms with Gasteiger partial charge in [-0.25, -0.2) is 0 Å². The Hall–Kier alpha value is -1.83. The maximum Gasteiger partial charge on any atom is 0.118 e. The third kappa shape index (κ3) is 3.19. The molecule has 0 saturated heterocycles. The summed E-state index contributed by atoms with van der Waals surface area (Å²) >= 11 is 0. The number of aromatic nitrogens is 1. The topological polar surface area (TPSA) is 22.1 Å². The van der Waals surface area contributed by atoms with E-state index >= 15 is 0 Å². The molecule has 2 nitrogen and oxygen atoms in total. The molecule has 2 atom stereocenters. The third-order valence-electron chi connectivity index (χ3n) is 4.04. The van der Waals surface area contributed by atoms with Crippen LogP contribution in [0.4, 0.5) is 0 Å². The molecule has 2 aromatic rings. The summed E-state index contributed by atoms with van der Waals surface area (Å²) in [6.07, 6.45) is 6.04. The lowest BCUT2D eigenvalue weighted by Gasteiger charge is -2.26. The first-order chi connectivity index (χ1) is 9.80. The molecule has 0 N–H and O–H groups in total. The van der Waals surface area contributed by atoms with E-state index in [9.17, 15) is 0 Å². The van der Waals surface area contributed by atoms with Crippen LogP contribution in [0.5, 0.6) is 5.75 Å². The minimum atomic E-state index is 0.535. The molecule has 0 aliphatic rings. The normalized spacial score (nSPS) is 13.8. The van der Waals surface area contributed by atoms with Gasteiger partial charge in [0.2, 0.25) is 0 Å². The quantitative estimate of drug-likeness (QED) is 0.753. The molecule has 1 aromatic carbocycles. The third-order valence-corrected chi connectivity index (χ3v) is 4.04. The first kappa shape index (κ1) is 14.6. The Morgan fingerprint density at radius 2 is 1.35 bits per heavy atom. The summed E-state index contributed by atoms with van der Waals surface area (Å²) in [6.45, 7) is 4.52. The van der Waals surface area contributed by atoms with Gasteiger partial charge in [0.25, 0.3) is 0 Å². The van der Waals surface area contributed by atoms with Gasteiger partial charge in [0.05, 0.1) is 7.11 Å². The molecule has 0 amide bonds. The van der Waals surface area contributed by atoms with Crippen molar-refractivity contribution < 1.29 is 4.74 Å². The summed E-state index contributed by atoms with van der Waals surface area (Å²) in [4.78, 5) is 4.13. The highest BCUT2D eigenvalue weighted by Crippen LogP contribution is 2.38. The Morgan fingerprint density at radius 3 is 1.80 bits per heavy atom. The van der Waals surface area contributed by atoms with Gasteiger partial charge in [0.1, 0.15) is 5.75 Å². The summed E-state index contributed by atoms with van der Waals surface area (Å²) in [7, 11) is 1.71. The number of hydrogen-bond acceptors (Lipinski definition) is 2. The van der Waals surface area contributed by atoms with Crippen molar-refractivity contribution in [3.63, 3.8) is 0 Å². The smallest absolute Gasteiger partial charge is 0.118 e. The van der Waals surface area contributed by atoms with Crippen LogP contribution in [0, 0.1) is 0 Å². The second kappa shape index (κ2) is 7.09. The molecule has 2 rings (SSSR count). The SMILES string of the molecule is CC[C@H](c1ccncc1)[C@@H](CC)c1ccc(OC)cc1. The summed E-state index contributed by atoms with van der Waals surface area (Å²) in [6, 6.07) is 12.8. The Kier molecular flexibility index (Phi) is 5.16. The van der Waals surface area contributed by atoms with Crippen molar-refractivity contribution >= 4 is 0 Å². The molecule has 106 valence electrons. The van der Waals surface area contributed by atoms with E-state index in [0.29, 0.717) is 11.8 Å². The van der Waals surface area contributed by atoms with Crippen LogP contribution in [0.15, 0.2) is 48.8 Å². The van der Waals surface area contributed by atoms with Gasteiger partial charge in [-0.1, -0.05) is 26.0 Å². The van der Waals surface area contributed by atoms with Crippen molar-refractivity contribution in [1.29, 1.82) is 0 Å². The molecule has 0 aliphatic carbocycles. The fourth-order valence-electron chi connectivity index (χ4n) is 2.97. The van der Waals surface area contributed by atoms with E-state index in [1.165, 1.54) is 11.1 Å². The van der Waals surface area contributed by atoms with Crippen LogP contribution < -0.4 is 4.74 Å². The number of methoxy groups -OCH3 is 1. The predicted molar refractivity (Wildman–Crippen MR) is 83.3 cm³/mol. The van der Waals surface area contributed by atoms with Crippen molar-refractivity contribution in [2.45, 2.75) is 38.5 Å². The lowest BCUT2D eigenvalue weighted by molar-refractivity contribution is 0.414. The molecule has 1 heterocycles. The van der Waals surface area contributed by atoms with Gasteiger partial charge in [-0.2, -0.15) is 0 Å². The largest absolute Gasteiger partial charge is 0.497 e. The number of nitrogens with zero attached hydrogens (tertiary/aromatic N) is 1. The molecule has 0 aliphatic heterocycles. The molecule has 20 heavy (non-hydrogen) atoms. The second-order valence-corrected chi connectivity index (χ2v) is 5.08. The Bertz CT molecular complexity index is 507. The number of pyridine rings is 1. The molecule has 2 heteroatoms. The minimum absolute atomic E-state index is 0.535. The van der Waals surface area contributed by atoms with Gasteiger partial charge in [-0.05, 0) is 60.1 Å². The summed E-state index contributed by atoms with van der Waals surface area (Å²) in [5.74, 6) is 1.99. The average Bonchev–Trinajstić information content (AvgIpc) is 2.53. The zero-order chi connectivity index (χ0) is 14.4. The van der Waals surface area contributed by atoms with Gasteiger partial charge >= 0.3 is 0 Å². The van der Waals surface area contributed by atoms with E-state index in [0.717, 1.165) is 18.6 Å². The second-order valence-electron chi connectivity index (χ2n) is 5.08. The average molecular weight is 269 g/mol. The highest BCUT2D eigenvalue weighted by molar-refractivity contribution is 5.32. The van der Waals surface area contributed by atoms with E-state index in [1.807, 2.05) is 12.4 Å². The van der Waals surface area contributed by atoms with Crippen molar-refractivity contribution in [1.82, 2.24) is 4.98 Å². The van der Waals surface area contributed by atoms with Crippen LogP contribution in [0.3, 0.4) is 0 Å². The molecular formula is C18H23NO. The van der Waals surface area contributed by atoms with E-state index in [1.54, 1.807) is 7.11 Å². The summed E-state index contributed by atoms with van der Waals surface area (Å²) in [5, 5.41) is 0. The molecule has 0 unspecified atom stereocenters. The fraction of sp³-hybridized carbons (Fsp3) is 0.389. The van der Waals surface area contributed by atoms with Crippen LogP contribution in [-0.4, -0.2) is 12.1 Å². The zero-order valence-corrected chi connectivity index (χ0v) is 12.5. The van der Waals surface area contributed by atoms with E-state index in [-0.39, 0.29) is 0 Å². The number of benzene rings is 1. The predicted octanol–water partition coefficient (Wildman–Crippen LogP) is 4.78. The van der Waals surface area contributed by atoms with E-state index < -0.39 is 0 Å². The molecule has 0 bridgehead atoms. The van der Waals surface area contributed by atoms with Crippen LogP contribution in [0.1, 0.15) is 49.7 Å². The lowest BCUT2D eigenvalue weighted by atomic mass is 9.78. The number of ether oxygens (including phenoxy) is 1. The van der Waals surface area contributed by atoms with Crippen LogP contribution in [0.2, 0.25) is 0 Å². The van der Waals surface area contributed by atoms with Crippen molar-refractivity contribution in [2.75, 3.05) is 7.11 Å². The first-order valence-electron chi connectivity index (χ1n) is 7.34. The van der Waals surface area contributed by atoms with Gasteiger partial charge in [-0.3, -0.25) is 4.98 Å². The maximum atomic E-state index is 5.25. The Balaban J connectivity index is 2.29. The lowest BCUT2D eigenvalue weighted by Crippen LogP contribution is -2.10. The van der Waals surface area contributed by atoms with Gasteiger partial charge in [0, 0.05) is 12.4 Å². The van der Waals surface area contributed by atoms with Crippen molar-refractivity contribution in [3.05, 3.63) is 59.9 Å². The Morgan fingerprint density at radius 1 is 0.850 bits per heavy atom. The standard InChI is InChI=1S/C18H23NO/c1-4-17(14-6-8-16(20-3)9-7-14)18(5-2)15-10-12-19-13-11-15/h6-13,17-18H,4-5H2,1-3H3/t17-,18+/m0/s1. The van der Waals surface area contributed by atoms with Crippen LogP contribution >= 0.6 is 0 Å². The number of rotatable bonds is 6. The van der Waals surface area contributed by atoms with Crippen LogP contribution in [-0.2, 0) is 0 Å². The molecular weight excluding hydrogens is 246 g/mol. The van der Waals surface area contributed by atoms with Crippen molar-refractivity contribution in [3.8, 4) is 5.75 Å². The molecule has 0 radical (unpaired) electrons. The van der Waals surface area contributed by atoms with Gasteiger partial charge in [-0.15, -0.1) is 0 Å². The highest BCUT2D eigenvalue weighted by atomic mass is 16.5. The maximum absolute atomic E-state index is 5.25. The van der Waals surface area contributed by atoms with Gasteiger partial charge < -0.3 is 4.74 Å². The number of hydrogen-bond donors (Lipinski definition) is 0. The summed E-state index contributed by atoms with van der Waals surface area (Å²) in [5.41, 5.74) is 2.77. The van der Waals surface area contributed by atoms with E-state index in [2.05, 4.69) is 55.2 Å². The Labute approximate surface area is 121 Å². The fourth-order valence-corrected chi connectivity index (χ4v) is 2.97. The summed E-state index contributed by atoms with van der Waals surface area (Å²) < 4.78 is 5.25. The van der Waals surface area contributed by atoms with Crippen LogP contribution in [0.25, 0.3) is 0 Å². The van der Waals surface area contributed by atoms with Crippen molar-refractivity contribution in [2.24, 2.45) is 0 Å². The minimum Gasteiger partial charge on any atom is -0.497 e. The highest BCUT2D eigenvalue weighted by Gasteiger charge is 2.21. The molecule has 0 saturated carbocycles. The van der Waals surface area contributed by atoms with E-state index in [4.69, 9.17) is 4.74 Å². The monoisotopic (exact) mass is 269 g/mol. The first-order valence-corrected chi connectivity index (χ1v) is 7.34. The zero-order valence-electron chi connectivity index (χ0n) is 12.5. The molecule has 0 fully saturated rings. The molecule has 0 spiro atoms. The molecule has 1 aromatic heterocycles.